The summed E-state index contributed by atoms with van der Waals surface area (Å²) in [6, 6.07) is 31.7. The summed E-state index contributed by atoms with van der Waals surface area (Å²) in [6.45, 7) is 16.8. The van der Waals surface area contributed by atoms with Crippen LogP contribution in [0.15, 0.2) is 131 Å². The van der Waals surface area contributed by atoms with Crippen LogP contribution < -0.4 is 22.2 Å². The van der Waals surface area contributed by atoms with Crippen LogP contribution in [0.25, 0.3) is 32.2 Å². The van der Waals surface area contributed by atoms with Crippen LogP contribution in [0.1, 0.15) is 43.5 Å². The van der Waals surface area contributed by atoms with Gasteiger partial charge in [0.25, 0.3) is 22.5 Å². The molecule has 0 radical (unpaired) electrons. The van der Waals surface area contributed by atoms with Gasteiger partial charge in [0.05, 0.1) is 24.3 Å². The van der Waals surface area contributed by atoms with Crippen molar-refractivity contribution in [3.63, 3.8) is 0 Å². The summed E-state index contributed by atoms with van der Waals surface area (Å²) >= 11 is 4.64. The molecule has 2 heterocycles. The number of nitrogens with zero attached hydrogens (tertiary/aromatic N) is 4. The number of nitrogens with two attached hydrogens (primary N) is 1. The van der Waals surface area contributed by atoms with Crippen molar-refractivity contribution < 1.29 is 35.9 Å². The molecule has 0 aliphatic carbocycles. The molecule has 1 amide bonds. The van der Waals surface area contributed by atoms with Gasteiger partial charge in [0.15, 0.2) is 0 Å². The Morgan fingerprint density at radius 1 is 0.645 bits per heavy atom. The number of nitrogen functional groups attached to an aromatic ring is 1. The second kappa shape index (κ2) is 21.2. The third kappa shape index (κ3) is 12.8. The van der Waals surface area contributed by atoms with Gasteiger partial charge in [-0.05, 0) is 59.1 Å². The fourth-order valence-corrected chi connectivity index (χ4v) is 5.90. The Hall–Kier alpha value is -7.43. The van der Waals surface area contributed by atoms with E-state index >= 15 is 0 Å². The highest BCUT2D eigenvalue weighted by atomic mass is 35.5. The number of carbonyl (C=O) groups is 2. The van der Waals surface area contributed by atoms with Gasteiger partial charge in [0.1, 0.15) is 0 Å². The van der Waals surface area contributed by atoms with E-state index < -0.39 is 46.0 Å². The molecule has 62 heavy (non-hydrogen) atoms. The number of amides is 1. The predicted octanol–water partition coefficient (Wildman–Crippen LogP) is 11.2. The summed E-state index contributed by atoms with van der Waals surface area (Å²) in [5, 5.41) is 2.21. The van der Waals surface area contributed by atoms with E-state index in [9.17, 15) is 45.5 Å². The van der Waals surface area contributed by atoms with Gasteiger partial charge in [-0.15, -0.1) is 0 Å². The van der Waals surface area contributed by atoms with Crippen molar-refractivity contribution >= 4 is 45.5 Å². The summed E-state index contributed by atoms with van der Waals surface area (Å²) < 4.78 is 83.3. The molecule has 6 rings (SSSR count). The van der Waals surface area contributed by atoms with Gasteiger partial charge >= 0.3 is 12.4 Å². The molecule has 0 atom stereocenters. The van der Waals surface area contributed by atoms with E-state index in [1.54, 1.807) is 97.1 Å². The Morgan fingerprint density at radius 2 is 1.03 bits per heavy atom. The van der Waals surface area contributed by atoms with Gasteiger partial charge in [-0.1, -0.05) is 92.4 Å². The molecule has 0 unspecified atom stereocenters. The number of nitrogens with one attached hydrogen (secondary N) is 1. The Kier molecular flexibility index (Phi) is 16.7. The van der Waals surface area contributed by atoms with Gasteiger partial charge in [0.2, 0.25) is 11.1 Å². The molecule has 2 aromatic heterocycles. The van der Waals surface area contributed by atoms with Crippen LogP contribution in [-0.2, 0) is 35.0 Å². The summed E-state index contributed by atoms with van der Waals surface area (Å²) in [6.07, 6.45) is -9.69. The molecular weight excluding hydrogens is 838 g/mol. The van der Waals surface area contributed by atoms with Crippen LogP contribution >= 0.6 is 11.6 Å². The second-order valence-electron chi connectivity index (χ2n) is 12.9. The van der Waals surface area contributed by atoms with E-state index in [1.165, 1.54) is 30.5 Å². The number of anilines is 2. The molecule has 10 nitrogen and oxygen atoms in total. The Bertz CT molecular complexity index is 2750. The number of aromatic nitrogens is 2. The summed E-state index contributed by atoms with van der Waals surface area (Å²) in [4.78, 5) is 52.0. The van der Waals surface area contributed by atoms with Crippen LogP contribution in [0.3, 0.4) is 0 Å². The largest absolute Gasteiger partial charge is 0.407 e. The van der Waals surface area contributed by atoms with E-state index in [0.29, 0.717) is 28.1 Å². The van der Waals surface area contributed by atoms with Gasteiger partial charge in [-0.3, -0.25) is 19.2 Å². The van der Waals surface area contributed by atoms with Crippen molar-refractivity contribution in [2.45, 2.75) is 46.7 Å². The van der Waals surface area contributed by atoms with Crippen LogP contribution in [0.5, 0.6) is 0 Å². The van der Waals surface area contributed by atoms with E-state index in [0.717, 1.165) is 22.3 Å². The first-order valence-electron chi connectivity index (χ1n) is 17.7. The van der Waals surface area contributed by atoms with E-state index in [2.05, 4.69) is 26.6 Å². The minimum absolute atomic E-state index is 0. The molecule has 17 heteroatoms. The number of hydrogen-bond acceptors (Lipinski definition) is 5. The minimum atomic E-state index is -4.87. The molecule has 0 aliphatic heterocycles. The van der Waals surface area contributed by atoms with Gasteiger partial charge in [-0.25, -0.2) is 9.69 Å². The molecule has 6 aromatic rings. The highest BCUT2D eigenvalue weighted by molar-refractivity contribution is 6.62. The number of rotatable bonds is 7. The highest BCUT2D eigenvalue weighted by Gasteiger charge is 2.37. The number of carbonyl (C=O) groups excluding carboxylic acids is 2. The first-order valence-corrected chi connectivity index (χ1v) is 18.1. The lowest BCUT2D eigenvalue weighted by Crippen LogP contribution is -2.25. The van der Waals surface area contributed by atoms with Gasteiger partial charge < -0.3 is 20.2 Å². The Morgan fingerprint density at radius 3 is 1.39 bits per heavy atom. The average molecular weight is 875 g/mol. The zero-order valence-corrected chi connectivity index (χ0v) is 32.9. The van der Waals surface area contributed by atoms with Crippen LogP contribution in [-0.4, -0.2) is 20.3 Å². The fourth-order valence-electron chi connectivity index (χ4n) is 5.90. The number of pyridine rings is 2. The third-order valence-electron chi connectivity index (χ3n) is 8.41. The molecule has 3 N–H and O–H groups in total. The van der Waals surface area contributed by atoms with Crippen molar-refractivity contribution in [2.24, 2.45) is 0 Å². The Balaban J connectivity index is 0.000000301. The smallest absolute Gasteiger partial charge is 0.399 e. The molecule has 4 aromatic carbocycles. The zero-order chi connectivity index (χ0) is 45.1. The van der Waals surface area contributed by atoms with Crippen molar-refractivity contribution in [1.82, 2.24) is 9.13 Å². The fraction of sp³-hybridized carbons (Fsp3) is 0.156. The molecule has 0 saturated heterocycles. The minimum Gasteiger partial charge on any atom is -0.399 e. The van der Waals surface area contributed by atoms with E-state index in [-0.39, 0.29) is 43.1 Å². The van der Waals surface area contributed by atoms with Crippen molar-refractivity contribution in [3.05, 3.63) is 187 Å². The number of alkyl halides is 6. The molecular formula is C45H37ClF6N6O4. The lowest BCUT2D eigenvalue weighted by atomic mass is 10.0. The first-order chi connectivity index (χ1) is 28.7. The Labute approximate surface area is 357 Å². The summed E-state index contributed by atoms with van der Waals surface area (Å²) in [7, 11) is 0. The van der Waals surface area contributed by atoms with Crippen molar-refractivity contribution in [1.29, 1.82) is 0 Å². The summed E-state index contributed by atoms with van der Waals surface area (Å²) in [5.41, 5.74) is 2.17. The first kappa shape index (κ1) is 48.9. The van der Waals surface area contributed by atoms with E-state index in [1.807, 2.05) is 0 Å². The topological polar surface area (TPSA) is 125 Å². The van der Waals surface area contributed by atoms with E-state index in [4.69, 9.17) is 18.9 Å². The quantitative estimate of drug-likeness (QED) is 0.0715. The van der Waals surface area contributed by atoms with Crippen molar-refractivity contribution in [3.8, 4) is 22.5 Å². The molecule has 0 aliphatic rings. The zero-order valence-electron chi connectivity index (χ0n) is 32.1. The lowest BCUT2D eigenvalue weighted by molar-refractivity contribution is -0.137. The maximum absolute atomic E-state index is 13.6. The predicted molar refractivity (Wildman–Crippen MR) is 228 cm³/mol. The normalized spacial score (nSPS) is 10.6. The molecule has 0 saturated carbocycles. The standard InChI is InChI=1S/C22H16F3N3O2.C20H14F3N3O.C2H3ClO.CH4/c1-14(29)27-17-10-6-9-16(11-17)19-12-18(22(23,24)25)20(26-2)21(30)28(19)13-15-7-4-3-5-8-15;1-25-18-16(20(21,22)23)11-17(14-8-5-9-15(24)10-14)26(19(18)27)12-13-6-3-2-4-7-13;1-2(3)4;/h3-12H,13H2,1H3,(H,27,29);2-11H,12,24H2;1H3;1H4. The van der Waals surface area contributed by atoms with Crippen molar-refractivity contribution in [2.75, 3.05) is 11.1 Å². The number of halogens is 7. The maximum Gasteiger partial charge on any atom is 0.407 e. The van der Waals surface area contributed by atoms with Gasteiger partial charge in [-0.2, -0.15) is 26.3 Å². The lowest BCUT2D eigenvalue weighted by Gasteiger charge is -2.18. The average Bonchev–Trinajstić information content (AvgIpc) is 3.19. The molecule has 320 valence electrons. The van der Waals surface area contributed by atoms with Gasteiger partial charge in [0, 0.05) is 60.8 Å². The SMILES string of the molecule is C.CC(=O)Cl.[C-]#[N+]c1c(C(F)(F)F)cc(-c2cccc(N)c2)n(Cc2ccccc2)c1=O.[C-]#[N+]c1c(C(F)(F)F)cc(-c2cccc(NC(C)=O)c2)n(Cc2ccccc2)c1=O. The molecule has 0 bridgehead atoms. The third-order valence-corrected chi connectivity index (χ3v) is 8.41. The maximum atomic E-state index is 13.6. The number of hydrogen-bond donors (Lipinski definition) is 2. The highest BCUT2D eigenvalue weighted by Crippen LogP contribution is 2.39. The van der Waals surface area contributed by atoms with Crippen LogP contribution in [0.4, 0.5) is 49.1 Å². The second-order valence-corrected chi connectivity index (χ2v) is 13.4. The molecule has 0 spiro atoms. The molecule has 0 fully saturated rings. The summed E-state index contributed by atoms with van der Waals surface area (Å²) in [5.74, 6) is -0.340. The van der Waals surface area contributed by atoms with Crippen LogP contribution in [0, 0.1) is 13.1 Å². The monoisotopic (exact) mass is 874 g/mol. The number of benzene rings is 4. The van der Waals surface area contributed by atoms with Crippen LogP contribution in [0.2, 0.25) is 0 Å².